The van der Waals surface area contributed by atoms with Gasteiger partial charge in [-0.3, -0.25) is 4.79 Å². The van der Waals surface area contributed by atoms with E-state index in [1.165, 1.54) is 7.11 Å². The minimum Gasteiger partial charge on any atom is -0.469 e. The summed E-state index contributed by atoms with van der Waals surface area (Å²) in [7, 11) is 1.30. The summed E-state index contributed by atoms with van der Waals surface area (Å²) in [5, 5.41) is 8.73. The van der Waals surface area contributed by atoms with Gasteiger partial charge in [0.15, 0.2) is 0 Å². The van der Waals surface area contributed by atoms with Crippen molar-refractivity contribution in [2.24, 2.45) is 5.73 Å². The molecule has 1 aromatic rings. The van der Waals surface area contributed by atoms with Gasteiger partial charge in [0.25, 0.3) is 0 Å². The molecule has 0 saturated carbocycles. The largest absolute Gasteiger partial charge is 0.469 e. The van der Waals surface area contributed by atoms with Crippen LogP contribution < -0.4 is 5.73 Å². The number of methoxy groups -OCH3 is 1. The van der Waals surface area contributed by atoms with Crippen LogP contribution in [0.4, 0.5) is 0 Å². The van der Waals surface area contributed by atoms with E-state index in [2.05, 4.69) is 4.74 Å². The molecule has 0 unspecified atom stereocenters. The molecule has 0 aliphatic carbocycles. The van der Waals surface area contributed by atoms with Crippen LogP contribution in [0, 0.1) is 0 Å². The molecule has 1 rings (SSSR count). The zero-order valence-electron chi connectivity index (χ0n) is 7.90. The Hall–Kier alpha value is -1.33. The van der Waals surface area contributed by atoms with Crippen LogP contribution >= 0.6 is 0 Å². The molecule has 3 N–H and O–H groups in total. The molecule has 0 aliphatic heterocycles. The van der Waals surface area contributed by atoms with Gasteiger partial charge in [-0.1, -0.05) is 0 Å². The van der Waals surface area contributed by atoms with Gasteiger partial charge in [0.05, 0.1) is 19.6 Å². The molecule has 1 aromatic heterocycles. The lowest BCUT2D eigenvalue weighted by Crippen LogP contribution is -2.15. The Labute approximate surface area is 81.5 Å². The Bertz CT molecular complexity index is 308. The van der Waals surface area contributed by atoms with Crippen LogP contribution in [0.15, 0.2) is 16.5 Å². The van der Waals surface area contributed by atoms with Crippen molar-refractivity contribution in [3.05, 3.63) is 23.7 Å². The van der Waals surface area contributed by atoms with E-state index in [1.807, 2.05) is 0 Å². The molecule has 0 radical (unpaired) electrons. The number of nitrogens with two attached hydrogens (primary N) is 1. The molecule has 0 spiro atoms. The molecule has 1 atom stereocenters. The average Bonchev–Trinajstić information content (AvgIpc) is 2.65. The van der Waals surface area contributed by atoms with Crippen LogP contribution in [0.1, 0.15) is 24.0 Å². The van der Waals surface area contributed by atoms with Crippen molar-refractivity contribution in [3.8, 4) is 0 Å². The summed E-state index contributed by atoms with van der Waals surface area (Å²) in [4.78, 5) is 10.9. The highest BCUT2D eigenvalue weighted by Gasteiger charge is 2.15. The van der Waals surface area contributed by atoms with E-state index < -0.39 is 6.04 Å². The molecule has 0 amide bonds. The standard InChI is InChI=1S/C9H13NO4/c1-13-9(12)4-7(10)8-3-2-6(5-11)14-8/h2-3,7,11H,4-5,10H2,1H3/t7-/m0/s1. The summed E-state index contributed by atoms with van der Waals surface area (Å²) in [6.07, 6.45) is 0.0644. The predicted molar refractivity (Wildman–Crippen MR) is 48.2 cm³/mol. The fraction of sp³-hybridized carbons (Fsp3) is 0.444. The maximum Gasteiger partial charge on any atom is 0.307 e. The highest BCUT2D eigenvalue weighted by Crippen LogP contribution is 2.17. The van der Waals surface area contributed by atoms with Gasteiger partial charge in [-0.25, -0.2) is 0 Å². The second-order valence-corrected chi connectivity index (χ2v) is 2.85. The van der Waals surface area contributed by atoms with Crippen molar-refractivity contribution in [2.75, 3.05) is 7.11 Å². The number of carbonyl (C=O) groups excluding carboxylic acids is 1. The third-order valence-corrected chi connectivity index (χ3v) is 1.82. The normalized spacial score (nSPS) is 12.5. The van der Waals surface area contributed by atoms with Crippen LogP contribution in [0.25, 0.3) is 0 Å². The predicted octanol–water partition coefficient (Wildman–Crippen LogP) is 0.335. The Morgan fingerprint density at radius 2 is 2.43 bits per heavy atom. The first-order valence-electron chi connectivity index (χ1n) is 4.19. The Balaban J connectivity index is 2.60. The summed E-state index contributed by atoms with van der Waals surface area (Å²) in [5.74, 6) is 0.513. The van der Waals surface area contributed by atoms with Crippen molar-refractivity contribution in [1.29, 1.82) is 0 Å². The highest BCUT2D eigenvalue weighted by atomic mass is 16.5. The maximum absolute atomic E-state index is 10.9. The molecule has 0 bridgehead atoms. The summed E-state index contributed by atoms with van der Waals surface area (Å²) in [6.45, 7) is -0.176. The monoisotopic (exact) mass is 199 g/mol. The van der Waals surface area contributed by atoms with Gasteiger partial charge in [0, 0.05) is 0 Å². The summed E-state index contributed by atoms with van der Waals surface area (Å²) >= 11 is 0. The minimum absolute atomic E-state index is 0.0644. The van der Waals surface area contributed by atoms with Gasteiger partial charge in [-0.15, -0.1) is 0 Å². The van der Waals surface area contributed by atoms with Crippen molar-refractivity contribution in [1.82, 2.24) is 0 Å². The molecule has 0 aliphatic rings. The van der Waals surface area contributed by atoms with Crippen molar-refractivity contribution in [3.63, 3.8) is 0 Å². The van der Waals surface area contributed by atoms with E-state index in [0.717, 1.165) is 0 Å². The summed E-state index contributed by atoms with van der Waals surface area (Å²) in [6, 6.07) is 2.73. The smallest absolute Gasteiger partial charge is 0.307 e. The first-order valence-corrected chi connectivity index (χ1v) is 4.19. The number of rotatable bonds is 4. The zero-order chi connectivity index (χ0) is 10.6. The molecule has 5 nitrogen and oxygen atoms in total. The fourth-order valence-corrected chi connectivity index (χ4v) is 1.04. The van der Waals surface area contributed by atoms with Crippen LogP contribution in [-0.4, -0.2) is 18.2 Å². The lowest BCUT2D eigenvalue weighted by Gasteiger charge is -2.06. The van der Waals surface area contributed by atoms with E-state index in [1.54, 1.807) is 12.1 Å². The van der Waals surface area contributed by atoms with Crippen molar-refractivity contribution in [2.45, 2.75) is 19.1 Å². The highest BCUT2D eigenvalue weighted by molar-refractivity contribution is 5.70. The summed E-state index contributed by atoms with van der Waals surface area (Å²) in [5.41, 5.74) is 5.66. The van der Waals surface area contributed by atoms with Crippen LogP contribution in [0.3, 0.4) is 0 Å². The molecule has 0 saturated heterocycles. The number of aliphatic hydroxyl groups is 1. The quantitative estimate of drug-likeness (QED) is 0.683. The van der Waals surface area contributed by atoms with Gasteiger partial charge in [0.1, 0.15) is 18.1 Å². The molecule has 78 valence electrons. The van der Waals surface area contributed by atoms with Crippen LogP contribution in [0.5, 0.6) is 0 Å². The Morgan fingerprint density at radius 1 is 1.71 bits per heavy atom. The van der Waals surface area contributed by atoms with Crippen molar-refractivity contribution >= 4 is 5.97 Å². The topological polar surface area (TPSA) is 85.7 Å². The maximum atomic E-state index is 10.9. The number of hydrogen-bond acceptors (Lipinski definition) is 5. The lowest BCUT2D eigenvalue weighted by atomic mass is 10.2. The van der Waals surface area contributed by atoms with Gasteiger partial charge >= 0.3 is 5.97 Å². The van der Waals surface area contributed by atoms with Gasteiger partial charge < -0.3 is 20.0 Å². The SMILES string of the molecule is COC(=O)C[C@H](N)c1ccc(CO)o1. The number of ether oxygens (including phenoxy) is 1. The van der Waals surface area contributed by atoms with Gasteiger partial charge in [0.2, 0.25) is 0 Å². The molecule has 14 heavy (non-hydrogen) atoms. The van der Waals surface area contributed by atoms with E-state index in [9.17, 15) is 4.79 Å². The molecule has 0 fully saturated rings. The number of aliphatic hydroxyl groups excluding tert-OH is 1. The number of hydrogen-bond donors (Lipinski definition) is 2. The van der Waals surface area contributed by atoms with E-state index in [4.69, 9.17) is 15.3 Å². The molecular formula is C9H13NO4. The lowest BCUT2D eigenvalue weighted by molar-refractivity contribution is -0.141. The molecule has 1 heterocycles. The number of esters is 1. The third kappa shape index (κ3) is 2.58. The second kappa shape index (κ2) is 4.78. The second-order valence-electron chi connectivity index (χ2n) is 2.85. The Kier molecular flexibility index (Phi) is 3.67. The van der Waals surface area contributed by atoms with Gasteiger partial charge in [-0.2, -0.15) is 0 Å². The fourth-order valence-electron chi connectivity index (χ4n) is 1.04. The van der Waals surface area contributed by atoms with Crippen molar-refractivity contribution < 1.29 is 19.1 Å². The summed E-state index contributed by atoms with van der Waals surface area (Å²) < 4.78 is 9.62. The number of carbonyl (C=O) groups is 1. The number of furan rings is 1. The van der Waals surface area contributed by atoms with E-state index in [0.29, 0.717) is 11.5 Å². The minimum atomic E-state index is -0.525. The average molecular weight is 199 g/mol. The molecule has 5 heteroatoms. The Morgan fingerprint density at radius 3 is 2.93 bits per heavy atom. The third-order valence-electron chi connectivity index (χ3n) is 1.82. The van der Waals surface area contributed by atoms with Crippen LogP contribution in [-0.2, 0) is 16.1 Å². The molecular weight excluding hydrogens is 186 g/mol. The van der Waals surface area contributed by atoms with E-state index in [-0.39, 0.29) is 19.0 Å². The van der Waals surface area contributed by atoms with Gasteiger partial charge in [-0.05, 0) is 12.1 Å². The van der Waals surface area contributed by atoms with E-state index >= 15 is 0 Å². The zero-order valence-corrected chi connectivity index (χ0v) is 7.90. The first-order chi connectivity index (χ1) is 6.67. The van der Waals surface area contributed by atoms with Crippen LogP contribution in [0.2, 0.25) is 0 Å². The molecule has 0 aromatic carbocycles. The first kappa shape index (κ1) is 10.7.